The van der Waals surface area contributed by atoms with E-state index in [-0.39, 0.29) is 31.9 Å². The Morgan fingerprint density at radius 2 is 1.47 bits per heavy atom. The monoisotopic (exact) mass is 286 g/mol. The van der Waals surface area contributed by atoms with Crippen LogP contribution in [-0.4, -0.2) is 17.4 Å². The fourth-order valence-corrected chi connectivity index (χ4v) is 1.96. The van der Waals surface area contributed by atoms with Gasteiger partial charge in [0.15, 0.2) is 6.29 Å². The number of hydrogen-bond donors (Lipinski definition) is 1. The van der Waals surface area contributed by atoms with Crippen molar-refractivity contribution in [2.45, 2.75) is 0 Å². The van der Waals surface area contributed by atoms with Crippen LogP contribution in [0.2, 0.25) is 20.1 Å². The molecule has 0 unspecified atom stereocenters. The number of aldehydes is 1. The van der Waals surface area contributed by atoms with Gasteiger partial charge in [0.1, 0.15) is 0 Å². The lowest BCUT2D eigenvalue weighted by atomic mass is 10.1. The Labute approximate surface area is 104 Å². The Hall–Kier alpha value is -0.480. The van der Waals surface area contributed by atoms with Crippen LogP contribution in [0.1, 0.15) is 20.7 Å². The van der Waals surface area contributed by atoms with Gasteiger partial charge in [0, 0.05) is 0 Å². The zero-order chi connectivity index (χ0) is 11.7. The standard InChI is InChI=1S/C8H2Cl4O3/c9-4-2(1-13)3(8(14)15)5(10)7(12)6(4)11/h1H,(H,14,15). The zero-order valence-corrected chi connectivity index (χ0v) is 9.88. The predicted octanol–water partition coefficient (Wildman–Crippen LogP) is 3.81. The van der Waals surface area contributed by atoms with Gasteiger partial charge in [-0.3, -0.25) is 4.79 Å². The molecule has 1 rings (SSSR count). The smallest absolute Gasteiger partial charge is 0.338 e. The van der Waals surface area contributed by atoms with E-state index in [1.807, 2.05) is 0 Å². The molecule has 1 aromatic carbocycles. The van der Waals surface area contributed by atoms with Gasteiger partial charge in [0.2, 0.25) is 0 Å². The van der Waals surface area contributed by atoms with E-state index in [4.69, 9.17) is 51.5 Å². The van der Waals surface area contributed by atoms with Crippen LogP contribution in [0, 0.1) is 0 Å². The number of aromatic carboxylic acids is 1. The van der Waals surface area contributed by atoms with Crippen LogP contribution in [-0.2, 0) is 0 Å². The quantitative estimate of drug-likeness (QED) is 0.511. The van der Waals surface area contributed by atoms with Crippen LogP contribution in [0.15, 0.2) is 0 Å². The number of halogens is 4. The summed E-state index contributed by atoms with van der Waals surface area (Å²) in [6, 6.07) is 0. The SMILES string of the molecule is O=Cc1c(Cl)c(Cl)c(Cl)c(Cl)c1C(=O)O. The van der Waals surface area contributed by atoms with Gasteiger partial charge in [-0.15, -0.1) is 0 Å². The van der Waals surface area contributed by atoms with Gasteiger partial charge in [0.05, 0.1) is 31.2 Å². The van der Waals surface area contributed by atoms with Crippen molar-refractivity contribution < 1.29 is 14.7 Å². The average molecular weight is 288 g/mol. The molecule has 0 spiro atoms. The maximum Gasteiger partial charge on any atom is 0.338 e. The maximum absolute atomic E-state index is 10.8. The summed E-state index contributed by atoms with van der Waals surface area (Å²) in [4.78, 5) is 21.5. The zero-order valence-electron chi connectivity index (χ0n) is 6.85. The minimum Gasteiger partial charge on any atom is -0.478 e. The lowest BCUT2D eigenvalue weighted by Gasteiger charge is -2.09. The molecule has 1 N–H and O–H groups in total. The van der Waals surface area contributed by atoms with Crippen molar-refractivity contribution in [2.75, 3.05) is 0 Å². The highest BCUT2D eigenvalue weighted by atomic mass is 35.5. The highest BCUT2D eigenvalue weighted by Gasteiger charge is 2.24. The summed E-state index contributed by atoms with van der Waals surface area (Å²) in [5.41, 5.74) is -0.741. The summed E-state index contributed by atoms with van der Waals surface area (Å²) in [5, 5.41) is 7.95. The highest BCUT2D eigenvalue weighted by molar-refractivity contribution is 6.53. The third-order valence-corrected chi connectivity index (χ3v) is 3.45. The van der Waals surface area contributed by atoms with Crippen molar-refractivity contribution in [3.63, 3.8) is 0 Å². The summed E-state index contributed by atoms with van der Waals surface area (Å²) in [5.74, 6) is -1.40. The molecule has 0 amide bonds. The first-order valence-corrected chi connectivity index (χ1v) is 4.97. The van der Waals surface area contributed by atoms with Gasteiger partial charge in [-0.2, -0.15) is 0 Å². The highest BCUT2D eigenvalue weighted by Crippen LogP contribution is 2.40. The van der Waals surface area contributed by atoms with E-state index in [0.717, 1.165) is 0 Å². The minimum atomic E-state index is -1.40. The maximum atomic E-state index is 10.8. The second kappa shape index (κ2) is 4.58. The van der Waals surface area contributed by atoms with Crippen LogP contribution in [0.5, 0.6) is 0 Å². The summed E-state index contributed by atoms with van der Waals surface area (Å²) in [6.07, 6.45) is 0.264. The Bertz CT molecular complexity index is 456. The Kier molecular flexibility index (Phi) is 3.84. The first kappa shape index (κ1) is 12.6. The predicted molar refractivity (Wildman–Crippen MR) is 58.8 cm³/mol. The summed E-state index contributed by atoms with van der Waals surface area (Å²) in [6.45, 7) is 0. The molecule has 0 saturated carbocycles. The molecule has 0 aromatic heterocycles. The van der Waals surface area contributed by atoms with Gasteiger partial charge in [0.25, 0.3) is 0 Å². The van der Waals surface area contributed by atoms with E-state index in [0.29, 0.717) is 0 Å². The van der Waals surface area contributed by atoms with Gasteiger partial charge < -0.3 is 5.11 Å². The summed E-state index contributed by atoms with van der Waals surface area (Å²) >= 11 is 22.6. The number of carbonyl (C=O) groups is 2. The third kappa shape index (κ3) is 2.06. The summed E-state index contributed by atoms with van der Waals surface area (Å²) in [7, 11) is 0. The minimum absolute atomic E-state index is 0.143. The van der Waals surface area contributed by atoms with Gasteiger partial charge in [-0.1, -0.05) is 46.4 Å². The molecular formula is C8H2Cl4O3. The van der Waals surface area contributed by atoms with E-state index >= 15 is 0 Å². The fraction of sp³-hybridized carbons (Fsp3) is 0. The van der Waals surface area contributed by atoms with Crippen molar-refractivity contribution in [1.29, 1.82) is 0 Å². The number of carbonyl (C=O) groups excluding carboxylic acids is 1. The molecule has 7 heteroatoms. The van der Waals surface area contributed by atoms with Crippen LogP contribution < -0.4 is 0 Å². The van der Waals surface area contributed by atoms with Crippen LogP contribution in [0.25, 0.3) is 0 Å². The Morgan fingerprint density at radius 1 is 1.00 bits per heavy atom. The van der Waals surface area contributed by atoms with Gasteiger partial charge in [-0.25, -0.2) is 4.79 Å². The third-order valence-electron chi connectivity index (χ3n) is 1.64. The fourth-order valence-electron chi connectivity index (χ4n) is 0.968. The van der Waals surface area contributed by atoms with E-state index in [1.165, 1.54) is 0 Å². The Morgan fingerprint density at radius 3 is 1.87 bits per heavy atom. The molecule has 0 bridgehead atoms. The van der Waals surface area contributed by atoms with E-state index < -0.39 is 11.5 Å². The van der Waals surface area contributed by atoms with Crippen LogP contribution in [0.3, 0.4) is 0 Å². The topological polar surface area (TPSA) is 54.4 Å². The van der Waals surface area contributed by atoms with Crippen molar-refractivity contribution in [3.8, 4) is 0 Å². The number of benzene rings is 1. The van der Waals surface area contributed by atoms with Crippen molar-refractivity contribution >= 4 is 58.7 Å². The number of hydrogen-bond acceptors (Lipinski definition) is 2. The largest absolute Gasteiger partial charge is 0.478 e. The second-order valence-electron chi connectivity index (χ2n) is 2.47. The molecule has 0 aliphatic carbocycles. The van der Waals surface area contributed by atoms with Crippen molar-refractivity contribution in [1.82, 2.24) is 0 Å². The molecule has 0 atom stereocenters. The molecule has 0 saturated heterocycles. The van der Waals surface area contributed by atoms with Crippen LogP contribution >= 0.6 is 46.4 Å². The molecule has 0 radical (unpaired) electrons. The molecule has 3 nitrogen and oxygen atoms in total. The molecular weight excluding hydrogens is 286 g/mol. The molecule has 15 heavy (non-hydrogen) atoms. The average Bonchev–Trinajstić information content (AvgIpc) is 2.19. The molecule has 80 valence electrons. The second-order valence-corrected chi connectivity index (χ2v) is 3.98. The molecule has 0 heterocycles. The first-order valence-electron chi connectivity index (χ1n) is 3.46. The lowest BCUT2D eigenvalue weighted by Crippen LogP contribution is -2.05. The van der Waals surface area contributed by atoms with E-state index in [9.17, 15) is 9.59 Å². The van der Waals surface area contributed by atoms with Gasteiger partial charge >= 0.3 is 5.97 Å². The molecule has 1 aromatic rings. The van der Waals surface area contributed by atoms with Crippen LogP contribution in [0.4, 0.5) is 0 Å². The summed E-state index contributed by atoms with van der Waals surface area (Å²) < 4.78 is 0. The number of carboxylic acids is 1. The molecule has 0 aliphatic rings. The number of carboxylic acid groups (broad SMARTS) is 1. The lowest BCUT2D eigenvalue weighted by molar-refractivity contribution is 0.0694. The number of rotatable bonds is 2. The van der Waals surface area contributed by atoms with E-state index in [1.54, 1.807) is 0 Å². The van der Waals surface area contributed by atoms with Crippen molar-refractivity contribution in [3.05, 3.63) is 31.2 Å². The Balaban J connectivity index is 3.78. The molecule has 0 fully saturated rings. The first-order chi connectivity index (χ1) is 6.91. The van der Waals surface area contributed by atoms with E-state index in [2.05, 4.69) is 0 Å². The van der Waals surface area contributed by atoms with Crippen molar-refractivity contribution in [2.24, 2.45) is 0 Å². The normalized spacial score (nSPS) is 10.1. The molecule has 0 aliphatic heterocycles. The van der Waals surface area contributed by atoms with Gasteiger partial charge in [-0.05, 0) is 0 Å².